The summed E-state index contributed by atoms with van der Waals surface area (Å²) in [5.74, 6) is 0.206. The summed E-state index contributed by atoms with van der Waals surface area (Å²) in [5, 5.41) is 1.18. The van der Waals surface area contributed by atoms with Gasteiger partial charge in [-0.1, -0.05) is 24.3 Å². The van der Waals surface area contributed by atoms with Crippen LogP contribution < -0.4 is 4.90 Å². The molecule has 0 saturated carbocycles. The Morgan fingerprint density at radius 1 is 1.25 bits per heavy atom. The Bertz CT molecular complexity index is 921. The lowest BCUT2D eigenvalue weighted by Gasteiger charge is -2.23. The Kier molecular flexibility index (Phi) is 5.99. The topological polar surface area (TPSA) is 37.6 Å². The first kappa shape index (κ1) is 19.4. The lowest BCUT2D eigenvalue weighted by atomic mass is 10.2. The van der Waals surface area contributed by atoms with E-state index in [1.165, 1.54) is 25.1 Å². The standard InChI is InChI=1S/C22H25N3OS2/c1-24(14-16-9-11-17(27-2)12-10-16)21(26)15-25-13-5-7-19(25)22-23-18-6-3-4-8-20(18)28-22/h3-4,6,8-12,19H,5,7,13-15H2,1-2H3/p+1/t19-/m0/s1. The van der Waals surface area contributed by atoms with Crippen molar-refractivity contribution in [2.24, 2.45) is 0 Å². The number of rotatable bonds is 6. The minimum Gasteiger partial charge on any atom is -0.337 e. The average Bonchev–Trinajstić information content (AvgIpc) is 3.34. The zero-order valence-electron chi connectivity index (χ0n) is 16.4. The largest absolute Gasteiger partial charge is 0.337 e. The molecule has 28 heavy (non-hydrogen) atoms. The number of carbonyl (C=O) groups excluding carboxylic acids is 1. The maximum absolute atomic E-state index is 12.9. The van der Waals surface area contributed by atoms with Crippen molar-refractivity contribution >= 4 is 39.2 Å². The monoisotopic (exact) mass is 412 g/mol. The van der Waals surface area contributed by atoms with Crippen LogP contribution in [-0.2, 0) is 11.3 Å². The van der Waals surface area contributed by atoms with Gasteiger partial charge in [0.2, 0.25) is 0 Å². The van der Waals surface area contributed by atoms with E-state index in [1.807, 2.05) is 18.0 Å². The molecule has 4 rings (SSSR count). The summed E-state index contributed by atoms with van der Waals surface area (Å²) in [5.41, 5.74) is 2.25. The van der Waals surface area contributed by atoms with Crippen LogP contribution in [0.4, 0.5) is 0 Å². The van der Waals surface area contributed by atoms with Gasteiger partial charge < -0.3 is 9.80 Å². The minimum absolute atomic E-state index is 0.206. The fourth-order valence-electron chi connectivity index (χ4n) is 3.88. The maximum Gasteiger partial charge on any atom is 0.277 e. The molecule has 0 bridgehead atoms. The molecule has 2 atom stereocenters. The second-order valence-electron chi connectivity index (χ2n) is 7.40. The molecule has 146 valence electrons. The number of para-hydroxylation sites is 1. The summed E-state index contributed by atoms with van der Waals surface area (Å²) in [4.78, 5) is 22.2. The maximum atomic E-state index is 12.9. The number of likely N-dealkylation sites (N-methyl/N-ethyl adjacent to an activating group) is 1. The van der Waals surface area contributed by atoms with Gasteiger partial charge in [-0.05, 0) is 36.1 Å². The number of thiazole rings is 1. The molecule has 1 fully saturated rings. The first-order valence-electron chi connectivity index (χ1n) is 9.71. The molecule has 1 saturated heterocycles. The van der Waals surface area contributed by atoms with Crippen molar-refractivity contribution in [2.45, 2.75) is 30.3 Å². The fraction of sp³-hybridized carbons (Fsp3) is 0.364. The van der Waals surface area contributed by atoms with Gasteiger partial charge in [-0.2, -0.15) is 0 Å². The van der Waals surface area contributed by atoms with Gasteiger partial charge in [0.15, 0.2) is 11.6 Å². The number of amides is 1. The highest BCUT2D eigenvalue weighted by Gasteiger charge is 2.34. The van der Waals surface area contributed by atoms with E-state index < -0.39 is 0 Å². The molecule has 1 unspecified atom stereocenters. The van der Waals surface area contributed by atoms with Gasteiger partial charge in [-0.15, -0.1) is 23.1 Å². The first-order chi connectivity index (χ1) is 13.6. The molecule has 2 aromatic carbocycles. The Hall–Kier alpha value is -1.89. The Balaban J connectivity index is 1.40. The zero-order chi connectivity index (χ0) is 19.5. The van der Waals surface area contributed by atoms with E-state index in [1.54, 1.807) is 23.1 Å². The number of quaternary nitrogens is 1. The van der Waals surface area contributed by atoms with Crippen LogP contribution in [0.5, 0.6) is 0 Å². The van der Waals surface area contributed by atoms with E-state index >= 15 is 0 Å². The lowest BCUT2D eigenvalue weighted by molar-refractivity contribution is -0.910. The molecule has 1 amide bonds. The number of nitrogens with zero attached hydrogens (tertiary/aromatic N) is 2. The molecule has 0 aliphatic carbocycles. The Morgan fingerprint density at radius 2 is 2.04 bits per heavy atom. The third-order valence-electron chi connectivity index (χ3n) is 5.47. The molecule has 1 N–H and O–H groups in total. The summed E-state index contributed by atoms with van der Waals surface area (Å²) >= 11 is 3.52. The highest BCUT2D eigenvalue weighted by atomic mass is 32.2. The number of benzene rings is 2. The summed E-state index contributed by atoms with van der Waals surface area (Å²) < 4.78 is 1.24. The number of hydrogen-bond donors (Lipinski definition) is 1. The summed E-state index contributed by atoms with van der Waals surface area (Å²) in [6.07, 6.45) is 4.34. The number of aromatic nitrogens is 1. The van der Waals surface area contributed by atoms with Crippen LogP contribution in [0, 0.1) is 0 Å². The van der Waals surface area contributed by atoms with Crippen LogP contribution in [0.3, 0.4) is 0 Å². The number of hydrogen-bond acceptors (Lipinski definition) is 4. The second-order valence-corrected chi connectivity index (χ2v) is 9.34. The third kappa shape index (κ3) is 4.24. The molecule has 1 aliphatic rings. The van der Waals surface area contributed by atoms with Crippen LogP contribution in [-0.4, -0.2) is 42.2 Å². The van der Waals surface area contributed by atoms with E-state index in [4.69, 9.17) is 4.98 Å². The Labute approximate surface area is 174 Å². The number of carbonyl (C=O) groups is 1. The van der Waals surface area contributed by atoms with Gasteiger partial charge in [0.05, 0.1) is 16.8 Å². The summed E-state index contributed by atoms with van der Waals surface area (Å²) in [6, 6.07) is 17.1. The highest BCUT2D eigenvalue weighted by Crippen LogP contribution is 2.28. The molecule has 6 heteroatoms. The normalized spacial score (nSPS) is 19.2. The molecule has 4 nitrogen and oxygen atoms in total. The Morgan fingerprint density at radius 3 is 2.79 bits per heavy atom. The second kappa shape index (κ2) is 8.64. The van der Waals surface area contributed by atoms with Gasteiger partial charge in [-0.3, -0.25) is 4.79 Å². The number of thioether (sulfide) groups is 1. The quantitative estimate of drug-likeness (QED) is 0.631. The molecule has 0 spiro atoms. The van der Waals surface area contributed by atoms with E-state index in [2.05, 4.69) is 48.7 Å². The molecule has 1 aliphatic heterocycles. The lowest BCUT2D eigenvalue weighted by Crippen LogP contribution is -3.11. The van der Waals surface area contributed by atoms with E-state index in [9.17, 15) is 4.79 Å². The minimum atomic E-state index is 0.206. The van der Waals surface area contributed by atoms with Crippen molar-refractivity contribution in [2.75, 3.05) is 26.4 Å². The smallest absolute Gasteiger partial charge is 0.277 e. The van der Waals surface area contributed by atoms with Gasteiger partial charge in [0.1, 0.15) is 6.04 Å². The van der Waals surface area contributed by atoms with Crippen molar-refractivity contribution in [1.82, 2.24) is 9.88 Å². The van der Waals surface area contributed by atoms with Crippen molar-refractivity contribution in [3.05, 3.63) is 59.1 Å². The van der Waals surface area contributed by atoms with Gasteiger partial charge in [0.25, 0.3) is 5.91 Å². The molecule has 0 radical (unpaired) electrons. The van der Waals surface area contributed by atoms with Crippen LogP contribution in [0.15, 0.2) is 53.4 Å². The van der Waals surface area contributed by atoms with Gasteiger partial charge in [0, 0.05) is 31.3 Å². The zero-order valence-corrected chi connectivity index (χ0v) is 18.0. The third-order valence-corrected chi connectivity index (χ3v) is 7.37. The van der Waals surface area contributed by atoms with E-state index in [-0.39, 0.29) is 5.91 Å². The number of fused-ring (bicyclic) bond motifs is 1. The predicted octanol–water partition coefficient (Wildman–Crippen LogP) is 3.40. The number of likely N-dealkylation sites (tertiary alicyclic amines) is 1. The fourth-order valence-corrected chi connectivity index (χ4v) is 5.45. The van der Waals surface area contributed by atoms with Crippen LogP contribution in [0.25, 0.3) is 10.2 Å². The van der Waals surface area contributed by atoms with Crippen molar-refractivity contribution in [1.29, 1.82) is 0 Å². The van der Waals surface area contributed by atoms with E-state index in [0.717, 1.165) is 24.9 Å². The average molecular weight is 413 g/mol. The van der Waals surface area contributed by atoms with Crippen molar-refractivity contribution in [3.8, 4) is 0 Å². The molecule has 1 aromatic heterocycles. The number of nitrogens with one attached hydrogen (secondary N) is 1. The van der Waals surface area contributed by atoms with Gasteiger partial charge >= 0.3 is 0 Å². The molecular weight excluding hydrogens is 386 g/mol. The first-order valence-corrected chi connectivity index (χ1v) is 11.7. The predicted molar refractivity (Wildman–Crippen MR) is 117 cm³/mol. The summed E-state index contributed by atoms with van der Waals surface area (Å²) in [7, 11) is 1.91. The molecular formula is C22H26N3OS2+. The van der Waals surface area contributed by atoms with Gasteiger partial charge in [-0.25, -0.2) is 4.98 Å². The van der Waals surface area contributed by atoms with Crippen LogP contribution in [0.1, 0.15) is 29.5 Å². The highest BCUT2D eigenvalue weighted by molar-refractivity contribution is 7.98. The van der Waals surface area contributed by atoms with Crippen LogP contribution >= 0.6 is 23.1 Å². The van der Waals surface area contributed by atoms with Crippen LogP contribution in [0.2, 0.25) is 0 Å². The van der Waals surface area contributed by atoms with Crippen molar-refractivity contribution < 1.29 is 9.69 Å². The summed E-state index contributed by atoms with van der Waals surface area (Å²) in [6.45, 7) is 2.25. The van der Waals surface area contributed by atoms with Crippen molar-refractivity contribution in [3.63, 3.8) is 0 Å². The SMILES string of the molecule is CSc1ccc(CN(C)C(=O)C[NH+]2CCC[C@H]2c2nc3ccccc3s2)cc1. The molecule has 3 aromatic rings. The van der Waals surface area contributed by atoms with E-state index in [0.29, 0.717) is 19.1 Å². The molecule has 2 heterocycles.